The van der Waals surface area contributed by atoms with E-state index in [-0.39, 0.29) is 5.91 Å². The number of nitrogens with one attached hydrogen (secondary N) is 1. The summed E-state index contributed by atoms with van der Waals surface area (Å²) in [5.74, 6) is 0.187. The van der Waals surface area contributed by atoms with Gasteiger partial charge in [-0.25, -0.2) is 0 Å². The van der Waals surface area contributed by atoms with Crippen molar-refractivity contribution in [2.45, 2.75) is 19.9 Å². The van der Waals surface area contributed by atoms with Crippen LogP contribution < -0.4 is 10.2 Å². The molecule has 2 rings (SSSR count). The summed E-state index contributed by atoms with van der Waals surface area (Å²) in [6, 6.07) is 6.55. The lowest BCUT2D eigenvalue weighted by atomic mass is 10.0. The van der Waals surface area contributed by atoms with E-state index in [1.165, 1.54) is 11.1 Å². The number of aryl methyl sites for hydroxylation is 2. The van der Waals surface area contributed by atoms with Crippen molar-refractivity contribution in [3.8, 4) is 0 Å². The number of hydrogen-bond acceptors (Lipinski definition) is 3. The fraction of sp³-hybridized carbons (Fsp3) is 0.533. The molecule has 1 N–H and O–H groups in total. The molecule has 1 saturated heterocycles. The molecular weight excluding hydrogens is 238 g/mol. The highest BCUT2D eigenvalue weighted by Crippen LogP contribution is 2.27. The third-order valence-electron chi connectivity index (χ3n) is 3.85. The molecule has 1 amide bonds. The smallest absolute Gasteiger partial charge is 0.241 e. The van der Waals surface area contributed by atoms with Crippen LogP contribution in [-0.4, -0.2) is 50.6 Å². The predicted molar refractivity (Wildman–Crippen MR) is 78.6 cm³/mol. The Bertz CT molecular complexity index is 452. The molecule has 1 aliphatic heterocycles. The van der Waals surface area contributed by atoms with Crippen LogP contribution in [0.5, 0.6) is 0 Å². The Hall–Kier alpha value is -1.39. The molecule has 1 aromatic carbocycles. The van der Waals surface area contributed by atoms with Gasteiger partial charge in [-0.2, -0.15) is 0 Å². The summed E-state index contributed by atoms with van der Waals surface area (Å²) >= 11 is 0. The van der Waals surface area contributed by atoms with Crippen LogP contribution in [0.3, 0.4) is 0 Å². The van der Waals surface area contributed by atoms with Crippen molar-refractivity contribution in [1.29, 1.82) is 0 Å². The third-order valence-corrected chi connectivity index (χ3v) is 3.85. The van der Waals surface area contributed by atoms with Gasteiger partial charge in [0.05, 0.1) is 6.54 Å². The summed E-state index contributed by atoms with van der Waals surface area (Å²) in [6.07, 6.45) is 0. The first-order valence-electron chi connectivity index (χ1n) is 6.76. The third kappa shape index (κ3) is 2.80. The fourth-order valence-corrected chi connectivity index (χ4v) is 2.78. The highest BCUT2D eigenvalue weighted by atomic mass is 16.2. The number of amides is 1. The van der Waals surface area contributed by atoms with E-state index in [0.29, 0.717) is 12.6 Å². The van der Waals surface area contributed by atoms with Gasteiger partial charge in [0, 0.05) is 24.8 Å². The molecule has 1 atom stereocenters. The average molecular weight is 261 g/mol. The summed E-state index contributed by atoms with van der Waals surface area (Å²) < 4.78 is 0. The normalized spacial score (nSPS) is 20.9. The molecule has 1 unspecified atom stereocenters. The van der Waals surface area contributed by atoms with Gasteiger partial charge in [0.1, 0.15) is 0 Å². The Morgan fingerprint density at radius 1 is 1.32 bits per heavy atom. The summed E-state index contributed by atoms with van der Waals surface area (Å²) in [6.45, 7) is 6.27. The Morgan fingerprint density at radius 2 is 1.95 bits per heavy atom. The van der Waals surface area contributed by atoms with Crippen LogP contribution >= 0.6 is 0 Å². The molecule has 0 spiro atoms. The van der Waals surface area contributed by atoms with Crippen molar-refractivity contribution in [2.75, 3.05) is 38.6 Å². The van der Waals surface area contributed by atoms with E-state index in [1.54, 1.807) is 0 Å². The molecule has 0 radical (unpaired) electrons. The van der Waals surface area contributed by atoms with Gasteiger partial charge in [-0.3, -0.25) is 9.69 Å². The van der Waals surface area contributed by atoms with Crippen molar-refractivity contribution < 1.29 is 4.79 Å². The van der Waals surface area contributed by atoms with E-state index < -0.39 is 0 Å². The molecule has 1 aliphatic rings. The molecule has 0 aliphatic carbocycles. The zero-order valence-corrected chi connectivity index (χ0v) is 12.2. The van der Waals surface area contributed by atoms with Gasteiger partial charge < -0.3 is 10.2 Å². The number of piperazine rings is 1. The highest BCUT2D eigenvalue weighted by molar-refractivity contribution is 5.97. The first-order chi connectivity index (χ1) is 9.04. The first kappa shape index (κ1) is 14.0. The zero-order valence-electron chi connectivity index (χ0n) is 12.2. The summed E-state index contributed by atoms with van der Waals surface area (Å²) in [7, 11) is 3.97. The summed E-state index contributed by atoms with van der Waals surface area (Å²) in [5, 5.41) is 3.20. The van der Waals surface area contributed by atoms with Crippen LogP contribution in [0.4, 0.5) is 5.69 Å². The van der Waals surface area contributed by atoms with Crippen LogP contribution in [0.15, 0.2) is 18.2 Å². The quantitative estimate of drug-likeness (QED) is 0.887. The fourth-order valence-electron chi connectivity index (χ4n) is 2.78. The topological polar surface area (TPSA) is 35.6 Å². The molecule has 0 aromatic heterocycles. The monoisotopic (exact) mass is 261 g/mol. The standard InChI is InChI=1S/C15H23N3O/c1-11-6-5-7-12(2)15(11)18-9-13(8-16-3)17(4)10-14(18)19/h5-7,13,16H,8-10H2,1-4H3. The number of carbonyl (C=O) groups excluding carboxylic acids is 1. The van der Waals surface area contributed by atoms with Gasteiger partial charge in [0.15, 0.2) is 0 Å². The highest BCUT2D eigenvalue weighted by Gasteiger charge is 2.31. The number of hydrogen-bond donors (Lipinski definition) is 1. The lowest BCUT2D eigenvalue weighted by Crippen LogP contribution is -2.57. The molecular formula is C15H23N3O. The van der Waals surface area contributed by atoms with Crippen molar-refractivity contribution in [3.63, 3.8) is 0 Å². The number of nitrogens with zero attached hydrogens (tertiary/aromatic N) is 2. The van der Waals surface area contributed by atoms with Crippen molar-refractivity contribution >= 4 is 11.6 Å². The van der Waals surface area contributed by atoms with Crippen LogP contribution in [0, 0.1) is 13.8 Å². The largest absolute Gasteiger partial charge is 0.318 e. The number of carbonyl (C=O) groups is 1. The SMILES string of the molecule is CNCC1CN(c2c(C)cccc2C)C(=O)CN1C. The number of likely N-dealkylation sites (N-methyl/N-ethyl adjacent to an activating group) is 2. The van der Waals surface area contributed by atoms with Crippen LogP contribution in [0.25, 0.3) is 0 Å². The van der Waals surface area contributed by atoms with Crippen LogP contribution in [0.1, 0.15) is 11.1 Å². The molecule has 104 valence electrons. The van der Waals surface area contributed by atoms with E-state index in [1.807, 2.05) is 25.1 Å². The maximum atomic E-state index is 12.3. The van der Waals surface area contributed by atoms with Crippen molar-refractivity contribution in [3.05, 3.63) is 29.3 Å². The lowest BCUT2D eigenvalue weighted by Gasteiger charge is -2.40. The van der Waals surface area contributed by atoms with Gasteiger partial charge in [-0.05, 0) is 39.1 Å². The lowest BCUT2D eigenvalue weighted by molar-refractivity contribution is -0.121. The van der Waals surface area contributed by atoms with Gasteiger partial charge in [0.25, 0.3) is 0 Å². The number of benzene rings is 1. The second-order valence-corrected chi connectivity index (χ2v) is 5.37. The second kappa shape index (κ2) is 5.72. The predicted octanol–water partition coefficient (Wildman–Crippen LogP) is 1.17. The maximum Gasteiger partial charge on any atom is 0.241 e. The Balaban J connectivity index is 2.30. The number of para-hydroxylation sites is 1. The molecule has 4 heteroatoms. The molecule has 1 fully saturated rings. The van der Waals surface area contributed by atoms with Gasteiger partial charge in [-0.15, -0.1) is 0 Å². The summed E-state index contributed by atoms with van der Waals surface area (Å²) in [4.78, 5) is 16.4. The minimum atomic E-state index is 0.187. The zero-order chi connectivity index (χ0) is 14.0. The molecule has 4 nitrogen and oxygen atoms in total. The van der Waals surface area contributed by atoms with E-state index in [9.17, 15) is 4.79 Å². The minimum Gasteiger partial charge on any atom is -0.318 e. The molecule has 1 heterocycles. The van der Waals surface area contributed by atoms with Crippen molar-refractivity contribution in [2.24, 2.45) is 0 Å². The second-order valence-electron chi connectivity index (χ2n) is 5.37. The van der Waals surface area contributed by atoms with Crippen LogP contribution in [0.2, 0.25) is 0 Å². The van der Waals surface area contributed by atoms with E-state index in [0.717, 1.165) is 18.8 Å². The molecule has 0 saturated carbocycles. The first-order valence-corrected chi connectivity index (χ1v) is 6.76. The summed E-state index contributed by atoms with van der Waals surface area (Å²) in [5.41, 5.74) is 3.42. The van der Waals surface area contributed by atoms with E-state index in [2.05, 4.69) is 36.2 Å². The average Bonchev–Trinajstić information content (AvgIpc) is 2.34. The number of anilines is 1. The Kier molecular flexibility index (Phi) is 4.22. The molecule has 19 heavy (non-hydrogen) atoms. The van der Waals surface area contributed by atoms with E-state index in [4.69, 9.17) is 0 Å². The van der Waals surface area contributed by atoms with Gasteiger partial charge >= 0.3 is 0 Å². The minimum absolute atomic E-state index is 0.187. The molecule has 0 bridgehead atoms. The van der Waals surface area contributed by atoms with Gasteiger partial charge in [0.2, 0.25) is 5.91 Å². The Labute approximate surface area is 115 Å². The van der Waals surface area contributed by atoms with Gasteiger partial charge in [-0.1, -0.05) is 18.2 Å². The Morgan fingerprint density at radius 3 is 2.53 bits per heavy atom. The number of rotatable bonds is 3. The van der Waals surface area contributed by atoms with Crippen molar-refractivity contribution in [1.82, 2.24) is 10.2 Å². The molecule has 1 aromatic rings. The van der Waals surface area contributed by atoms with E-state index >= 15 is 0 Å². The maximum absolute atomic E-state index is 12.3. The van der Waals surface area contributed by atoms with Crippen LogP contribution in [-0.2, 0) is 4.79 Å².